The number of amides is 1. The summed E-state index contributed by atoms with van der Waals surface area (Å²) in [6.45, 7) is 0. The molecule has 2 aliphatic carbocycles. The van der Waals surface area contributed by atoms with Crippen LogP contribution in [0.25, 0.3) is 5.69 Å². The van der Waals surface area contributed by atoms with Crippen LogP contribution in [0.4, 0.5) is 0 Å². The number of hydrogen-bond acceptors (Lipinski definition) is 2. The second-order valence-corrected chi connectivity index (χ2v) is 7.83. The number of aromatic nitrogens is 2. The minimum atomic E-state index is 0.0483. The van der Waals surface area contributed by atoms with Gasteiger partial charge in [-0.3, -0.25) is 4.79 Å². The third-order valence-corrected chi connectivity index (χ3v) is 5.56. The van der Waals surface area contributed by atoms with E-state index in [0.29, 0.717) is 12.0 Å². The van der Waals surface area contributed by atoms with Crippen LogP contribution in [0.3, 0.4) is 0 Å². The average molecular weight is 388 g/mol. The van der Waals surface area contributed by atoms with E-state index in [1.54, 1.807) is 6.20 Å². The first kappa shape index (κ1) is 15.9. The van der Waals surface area contributed by atoms with E-state index in [4.69, 9.17) is 0 Å². The smallest absolute Gasteiger partial charge is 0.255 e. The fourth-order valence-electron chi connectivity index (χ4n) is 3.58. The summed E-state index contributed by atoms with van der Waals surface area (Å²) >= 11 is 3.47. The van der Waals surface area contributed by atoms with Crippen LogP contribution >= 0.6 is 15.9 Å². The molecule has 24 heavy (non-hydrogen) atoms. The molecular weight excluding hydrogens is 366 g/mol. The Bertz CT molecular complexity index is 728. The van der Waals surface area contributed by atoms with E-state index in [-0.39, 0.29) is 5.91 Å². The third kappa shape index (κ3) is 3.27. The van der Waals surface area contributed by atoms with Crippen molar-refractivity contribution in [2.45, 2.75) is 56.9 Å². The summed E-state index contributed by atoms with van der Waals surface area (Å²) in [5.74, 6) is 0.510. The largest absolute Gasteiger partial charge is 0.349 e. The number of halogens is 1. The highest BCUT2D eigenvalue weighted by Crippen LogP contribution is 2.42. The van der Waals surface area contributed by atoms with Gasteiger partial charge < -0.3 is 5.32 Å². The zero-order chi connectivity index (χ0) is 16.5. The normalized spacial score (nSPS) is 18.5. The molecule has 2 fully saturated rings. The molecule has 2 aliphatic rings. The predicted molar refractivity (Wildman–Crippen MR) is 97.6 cm³/mol. The van der Waals surface area contributed by atoms with Crippen molar-refractivity contribution in [3.05, 3.63) is 46.2 Å². The van der Waals surface area contributed by atoms with E-state index in [2.05, 4.69) is 26.3 Å². The summed E-state index contributed by atoms with van der Waals surface area (Å²) in [6.07, 6.45) is 9.97. The summed E-state index contributed by atoms with van der Waals surface area (Å²) < 4.78 is 2.99. The van der Waals surface area contributed by atoms with Crippen molar-refractivity contribution in [1.82, 2.24) is 15.1 Å². The molecule has 1 heterocycles. The van der Waals surface area contributed by atoms with Crippen LogP contribution in [0, 0.1) is 0 Å². The average Bonchev–Trinajstić information content (AvgIpc) is 3.34. The quantitative estimate of drug-likeness (QED) is 0.834. The van der Waals surface area contributed by atoms with Crippen molar-refractivity contribution in [3.8, 4) is 5.69 Å². The summed E-state index contributed by atoms with van der Waals surface area (Å²) in [5, 5.41) is 7.76. The molecule has 0 radical (unpaired) electrons. The molecular formula is C19H22BrN3O. The van der Waals surface area contributed by atoms with Gasteiger partial charge in [0.2, 0.25) is 0 Å². The van der Waals surface area contributed by atoms with Crippen molar-refractivity contribution in [1.29, 1.82) is 0 Å². The molecule has 5 heteroatoms. The first-order valence-corrected chi connectivity index (χ1v) is 9.66. The zero-order valence-electron chi connectivity index (χ0n) is 13.7. The first-order valence-electron chi connectivity index (χ1n) is 8.87. The van der Waals surface area contributed by atoms with Gasteiger partial charge in [0.15, 0.2) is 0 Å². The highest BCUT2D eigenvalue weighted by molar-refractivity contribution is 9.10. The van der Waals surface area contributed by atoms with Gasteiger partial charge in [-0.05, 0) is 49.9 Å². The number of benzene rings is 1. The molecule has 1 amide bonds. The number of rotatable bonds is 4. The van der Waals surface area contributed by atoms with Crippen LogP contribution in [0.1, 0.15) is 66.9 Å². The Morgan fingerprint density at radius 2 is 1.79 bits per heavy atom. The maximum Gasteiger partial charge on any atom is 0.255 e. The Morgan fingerprint density at radius 1 is 1.08 bits per heavy atom. The van der Waals surface area contributed by atoms with Crippen LogP contribution in [-0.4, -0.2) is 21.7 Å². The standard InChI is InChI=1S/C19H22BrN3O/c20-14-8-10-16(11-9-14)23-18(13-6-7-13)17(12-21-23)19(24)22-15-4-2-1-3-5-15/h8-13,15H,1-7H2,(H,22,24). The van der Waals surface area contributed by atoms with E-state index in [1.165, 1.54) is 19.3 Å². The van der Waals surface area contributed by atoms with Crippen molar-refractivity contribution < 1.29 is 4.79 Å². The van der Waals surface area contributed by atoms with Gasteiger partial charge in [0, 0.05) is 16.4 Å². The first-order chi connectivity index (χ1) is 11.7. The van der Waals surface area contributed by atoms with Crippen LogP contribution in [-0.2, 0) is 0 Å². The lowest BCUT2D eigenvalue weighted by Gasteiger charge is -2.22. The Morgan fingerprint density at radius 3 is 2.46 bits per heavy atom. The Kier molecular flexibility index (Phi) is 4.44. The molecule has 1 N–H and O–H groups in total. The number of nitrogens with zero attached hydrogens (tertiary/aromatic N) is 2. The van der Waals surface area contributed by atoms with E-state index in [1.807, 2.05) is 28.9 Å². The molecule has 0 unspecified atom stereocenters. The summed E-state index contributed by atoms with van der Waals surface area (Å²) in [4.78, 5) is 12.8. The van der Waals surface area contributed by atoms with Gasteiger partial charge in [0.1, 0.15) is 0 Å². The summed E-state index contributed by atoms with van der Waals surface area (Å²) in [5.41, 5.74) is 2.84. The van der Waals surface area contributed by atoms with Crippen molar-refractivity contribution in [2.75, 3.05) is 0 Å². The predicted octanol–water partition coefficient (Wildman–Crippen LogP) is 4.57. The summed E-state index contributed by atoms with van der Waals surface area (Å²) in [6, 6.07) is 8.41. The van der Waals surface area contributed by atoms with Gasteiger partial charge in [-0.15, -0.1) is 0 Å². The molecule has 1 aromatic carbocycles. The summed E-state index contributed by atoms with van der Waals surface area (Å²) in [7, 11) is 0. The topological polar surface area (TPSA) is 46.9 Å². The molecule has 126 valence electrons. The van der Waals surface area contributed by atoms with Crippen molar-refractivity contribution in [2.24, 2.45) is 0 Å². The number of nitrogens with one attached hydrogen (secondary N) is 1. The SMILES string of the molecule is O=C(NC1CCCCC1)c1cnn(-c2ccc(Br)cc2)c1C1CC1. The molecule has 0 atom stereocenters. The molecule has 2 aromatic rings. The number of carbonyl (C=O) groups is 1. The van der Waals surface area contributed by atoms with Gasteiger partial charge >= 0.3 is 0 Å². The number of hydrogen-bond donors (Lipinski definition) is 1. The highest BCUT2D eigenvalue weighted by atomic mass is 79.9. The van der Waals surface area contributed by atoms with Gasteiger partial charge in [-0.25, -0.2) is 4.68 Å². The number of carbonyl (C=O) groups excluding carboxylic acids is 1. The molecule has 0 aliphatic heterocycles. The second kappa shape index (κ2) is 6.71. The van der Waals surface area contributed by atoms with Crippen molar-refractivity contribution >= 4 is 21.8 Å². The monoisotopic (exact) mass is 387 g/mol. The lowest BCUT2D eigenvalue weighted by atomic mass is 9.95. The molecule has 0 bridgehead atoms. The zero-order valence-corrected chi connectivity index (χ0v) is 15.3. The van der Waals surface area contributed by atoms with Crippen LogP contribution in [0.15, 0.2) is 34.9 Å². The van der Waals surface area contributed by atoms with E-state index >= 15 is 0 Å². The molecule has 0 spiro atoms. The highest BCUT2D eigenvalue weighted by Gasteiger charge is 2.33. The third-order valence-electron chi connectivity index (χ3n) is 5.03. The molecule has 2 saturated carbocycles. The van der Waals surface area contributed by atoms with Crippen LogP contribution in [0.2, 0.25) is 0 Å². The minimum Gasteiger partial charge on any atom is -0.349 e. The van der Waals surface area contributed by atoms with Gasteiger partial charge in [-0.2, -0.15) is 5.10 Å². The maximum absolute atomic E-state index is 12.8. The lowest BCUT2D eigenvalue weighted by molar-refractivity contribution is 0.0926. The Hall–Kier alpha value is -1.62. The van der Waals surface area contributed by atoms with E-state index in [0.717, 1.165) is 47.1 Å². The van der Waals surface area contributed by atoms with Crippen molar-refractivity contribution in [3.63, 3.8) is 0 Å². The fraction of sp³-hybridized carbons (Fsp3) is 0.474. The van der Waals surface area contributed by atoms with Gasteiger partial charge in [-0.1, -0.05) is 35.2 Å². The second-order valence-electron chi connectivity index (χ2n) is 6.91. The molecule has 4 nitrogen and oxygen atoms in total. The Labute approximate surface area is 150 Å². The Balaban J connectivity index is 1.61. The van der Waals surface area contributed by atoms with Crippen LogP contribution in [0.5, 0.6) is 0 Å². The molecule has 1 aromatic heterocycles. The fourth-order valence-corrected chi connectivity index (χ4v) is 3.84. The molecule has 4 rings (SSSR count). The van der Waals surface area contributed by atoms with Gasteiger partial charge in [0.05, 0.1) is 23.1 Å². The molecule has 0 saturated heterocycles. The van der Waals surface area contributed by atoms with E-state index in [9.17, 15) is 4.79 Å². The lowest BCUT2D eigenvalue weighted by Crippen LogP contribution is -2.36. The van der Waals surface area contributed by atoms with E-state index < -0.39 is 0 Å². The maximum atomic E-state index is 12.8. The van der Waals surface area contributed by atoms with Gasteiger partial charge in [0.25, 0.3) is 5.91 Å². The minimum absolute atomic E-state index is 0.0483. The van der Waals surface area contributed by atoms with Crippen LogP contribution < -0.4 is 5.32 Å².